The van der Waals surface area contributed by atoms with Gasteiger partial charge in [-0.1, -0.05) is 11.8 Å². The molecule has 0 heterocycles. The molecule has 0 bridgehead atoms. The predicted molar refractivity (Wildman–Crippen MR) is 42.4 cm³/mol. The minimum Gasteiger partial charge on any atom is -0.106 e. The van der Waals surface area contributed by atoms with Crippen molar-refractivity contribution in [2.24, 2.45) is 0 Å². The van der Waals surface area contributed by atoms with E-state index in [1.807, 2.05) is 0 Å². The second-order valence-corrected chi connectivity index (χ2v) is 1.16. The minimum absolute atomic E-state index is 1.55. The van der Waals surface area contributed by atoms with Gasteiger partial charge in [0.15, 0.2) is 0 Å². The highest BCUT2D eigenvalue weighted by Crippen LogP contribution is 1.65. The molecule has 0 nitrogen and oxygen atoms in total. The predicted octanol–water partition coefficient (Wildman–Crippen LogP) is 0.816. The van der Waals surface area contributed by atoms with Crippen LogP contribution in [0.25, 0.3) is 0 Å². The van der Waals surface area contributed by atoms with E-state index >= 15 is 0 Å². The molecular weight excluding hydrogens is 120 g/mol. The van der Waals surface area contributed by atoms with Crippen LogP contribution in [0.2, 0.25) is 0 Å². The van der Waals surface area contributed by atoms with Crippen LogP contribution in [-0.2, 0) is 0 Å². The zero-order valence-corrected chi connectivity index (χ0v) is 5.31. The van der Waals surface area contributed by atoms with Gasteiger partial charge in [0.2, 0.25) is 0 Å². The van der Waals surface area contributed by atoms with Gasteiger partial charge in [0.25, 0.3) is 0 Å². The van der Waals surface area contributed by atoms with E-state index in [0.29, 0.717) is 0 Å². The normalized spacial score (nSPS) is 5.80. The summed E-state index contributed by atoms with van der Waals surface area (Å²) in [6.45, 7) is 0. The maximum atomic E-state index is 4.84. The number of rotatable bonds is 0. The molecule has 10 heavy (non-hydrogen) atoms. The van der Waals surface area contributed by atoms with E-state index in [4.69, 9.17) is 12.8 Å². The summed E-state index contributed by atoms with van der Waals surface area (Å²) < 4.78 is 0. The first kappa shape index (κ1) is 7.98. The molecule has 0 saturated heterocycles. The van der Waals surface area contributed by atoms with E-state index in [1.54, 1.807) is 12.2 Å². The Morgan fingerprint density at radius 2 is 1.20 bits per heavy atom. The Labute approximate surface area is 61.3 Å². The molecule has 0 heteroatoms. The standard InChI is InChI=1S/C10H4/c1-3-5-7-9-10-8-6-4-2/h1-2,9-10H/b10-9-. The Morgan fingerprint density at radius 1 is 0.800 bits per heavy atom. The summed E-state index contributed by atoms with van der Waals surface area (Å²) in [5.41, 5.74) is 0. The third kappa shape index (κ3) is 5.98. The molecule has 0 aliphatic heterocycles. The second kappa shape index (κ2) is 6.98. The molecule has 0 amide bonds. The van der Waals surface area contributed by atoms with Crippen molar-refractivity contribution in [3.63, 3.8) is 0 Å². The van der Waals surface area contributed by atoms with Crippen molar-refractivity contribution >= 4 is 0 Å². The number of allylic oxidation sites excluding steroid dienone is 2. The molecule has 0 aromatic rings. The third-order valence-electron chi connectivity index (χ3n) is 0.539. The van der Waals surface area contributed by atoms with Gasteiger partial charge in [0, 0.05) is 0 Å². The Balaban J connectivity index is 3.84. The zero-order valence-electron chi connectivity index (χ0n) is 5.31. The summed E-state index contributed by atoms with van der Waals surface area (Å²) >= 11 is 0. The summed E-state index contributed by atoms with van der Waals surface area (Å²) in [5, 5.41) is 0. The van der Waals surface area contributed by atoms with E-state index in [9.17, 15) is 0 Å². The smallest absolute Gasteiger partial charge is 0.00246 e. The molecule has 0 aromatic carbocycles. The minimum atomic E-state index is 1.55. The number of terminal acetylenes is 2. The van der Waals surface area contributed by atoms with E-state index in [2.05, 4.69) is 35.5 Å². The van der Waals surface area contributed by atoms with Gasteiger partial charge in [-0.15, -0.1) is 12.8 Å². The van der Waals surface area contributed by atoms with Gasteiger partial charge in [0.05, 0.1) is 0 Å². The first-order valence-corrected chi connectivity index (χ1v) is 2.49. The van der Waals surface area contributed by atoms with Crippen LogP contribution in [0.4, 0.5) is 0 Å². The van der Waals surface area contributed by atoms with Crippen molar-refractivity contribution in [2.75, 3.05) is 0 Å². The molecule has 0 fully saturated rings. The molecule has 0 unspecified atom stereocenters. The highest BCUT2D eigenvalue weighted by Gasteiger charge is 1.55. The molecule has 0 aliphatic rings. The quantitative estimate of drug-likeness (QED) is 0.419. The van der Waals surface area contributed by atoms with Crippen LogP contribution in [0.15, 0.2) is 12.2 Å². The molecule has 0 rings (SSSR count). The topological polar surface area (TPSA) is 0 Å². The molecular formula is C10H4. The van der Waals surface area contributed by atoms with Crippen LogP contribution < -0.4 is 0 Å². The Kier molecular flexibility index (Phi) is 5.57. The van der Waals surface area contributed by atoms with Crippen LogP contribution >= 0.6 is 0 Å². The summed E-state index contributed by atoms with van der Waals surface area (Å²) in [5.74, 6) is 14.2. The van der Waals surface area contributed by atoms with Crippen molar-refractivity contribution < 1.29 is 0 Å². The SMILES string of the molecule is C#CC#C/C=C\C#CC#C. The van der Waals surface area contributed by atoms with Crippen LogP contribution in [-0.4, -0.2) is 0 Å². The summed E-state index contributed by atoms with van der Waals surface area (Å²) in [6.07, 6.45) is 12.8. The van der Waals surface area contributed by atoms with Gasteiger partial charge in [-0.05, 0) is 35.8 Å². The summed E-state index contributed by atoms with van der Waals surface area (Å²) in [4.78, 5) is 0. The molecule has 0 aromatic heterocycles. The first-order chi connectivity index (χ1) is 4.91. The lowest BCUT2D eigenvalue weighted by Crippen LogP contribution is -1.50. The highest BCUT2D eigenvalue weighted by atomic mass is 13.6. The van der Waals surface area contributed by atoms with Gasteiger partial charge in [-0.2, -0.15) is 0 Å². The molecule has 44 valence electrons. The van der Waals surface area contributed by atoms with Gasteiger partial charge in [0.1, 0.15) is 0 Å². The second-order valence-electron chi connectivity index (χ2n) is 1.16. The monoisotopic (exact) mass is 124 g/mol. The van der Waals surface area contributed by atoms with Gasteiger partial charge in [-0.3, -0.25) is 0 Å². The van der Waals surface area contributed by atoms with E-state index in [1.165, 1.54) is 0 Å². The Bertz CT molecular complexity index is 274. The Hall–Kier alpha value is -2.02. The molecule has 0 N–H and O–H groups in total. The lowest BCUT2D eigenvalue weighted by Gasteiger charge is -1.59. The van der Waals surface area contributed by atoms with Gasteiger partial charge >= 0.3 is 0 Å². The van der Waals surface area contributed by atoms with Crippen LogP contribution in [0, 0.1) is 48.4 Å². The third-order valence-corrected chi connectivity index (χ3v) is 0.539. The molecule has 0 saturated carbocycles. The molecule has 0 spiro atoms. The van der Waals surface area contributed by atoms with E-state index in [-0.39, 0.29) is 0 Å². The van der Waals surface area contributed by atoms with Gasteiger partial charge < -0.3 is 0 Å². The van der Waals surface area contributed by atoms with Crippen LogP contribution in [0.3, 0.4) is 0 Å². The van der Waals surface area contributed by atoms with Gasteiger partial charge in [-0.25, -0.2) is 0 Å². The van der Waals surface area contributed by atoms with Crippen molar-refractivity contribution in [2.45, 2.75) is 0 Å². The van der Waals surface area contributed by atoms with Crippen molar-refractivity contribution in [1.82, 2.24) is 0 Å². The molecule has 0 radical (unpaired) electrons. The fourth-order valence-corrected chi connectivity index (χ4v) is 0.250. The van der Waals surface area contributed by atoms with Crippen LogP contribution in [0.5, 0.6) is 0 Å². The van der Waals surface area contributed by atoms with Crippen LogP contribution in [0.1, 0.15) is 0 Å². The maximum Gasteiger partial charge on any atom is -0.00246 e. The summed E-state index contributed by atoms with van der Waals surface area (Å²) in [6, 6.07) is 0. The first-order valence-electron chi connectivity index (χ1n) is 2.49. The van der Waals surface area contributed by atoms with Crippen molar-refractivity contribution in [3.05, 3.63) is 12.2 Å². The number of hydrogen-bond donors (Lipinski definition) is 0. The fraction of sp³-hybridized carbons (Fsp3) is 0. The Morgan fingerprint density at radius 3 is 1.50 bits per heavy atom. The van der Waals surface area contributed by atoms with Crippen molar-refractivity contribution in [1.29, 1.82) is 0 Å². The largest absolute Gasteiger partial charge is 0.106 e. The maximum absolute atomic E-state index is 4.84. The lowest BCUT2D eigenvalue weighted by atomic mass is 10.4. The number of hydrogen-bond acceptors (Lipinski definition) is 0. The van der Waals surface area contributed by atoms with E-state index < -0.39 is 0 Å². The highest BCUT2D eigenvalue weighted by molar-refractivity contribution is 5.34. The average Bonchev–Trinajstić information content (AvgIpc) is 1.97. The summed E-state index contributed by atoms with van der Waals surface area (Å²) in [7, 11) is 0. The molecule has 0 atom stereocenters. The average molecular weight is 124 g/mol. The zero-order chi connectivity index (χ0) is 7.66. The lowest BCUT2D eigenvalue weighted by molar-refractivity contribution is 2.13. The van der Waals surface area contributed by atoms with Crippen molar-refractivity contribution in [3.8, 4) is 48.4 Å². The van der Waals surface area contributed by atoms with E-state index in [0.717, 1.165) is 0 Å². The fourth-order valence-electron chi connectivity index (χ4n) is 0.250. The molecule has 0 aliphatic carbocycles.